The van der Waals surface area contributed by atoms with Gasteiger partial charge in [-0.15, -0.1) is 0 Å². The molecule has 7 heteroatoms. The first-order valence-electron chi connectivity index (χ1n) is 6.61. The fourth-order valence-corrected chi connectivity index (χ4v) is 1.71. The van der Waals surface area contributed by atoms with E-state index < -0.39 is 4.92 Å². The molecule has 0 radical (unpaired) electrons. The Bertz CT molecular complexity index is 619. The van der Waals surface area contributed by atoms with Gasteiger partial charge in [0, 0.05) is 12.7 Å². The van der Waals surface area contributed by atoms with E-state index in [1.165, 1.54) is 12.3 Å². The molecule has 2 aromatic rings. The summed E-state index contributed by atoms with van der Waals surface area (Å²) in [5.74, 6) is 0.636. The first kappa shape index (κ1) is 14.7. The van der Waals surface area contributed by atoms with Gasteiger partial charge in [-0.05, 0) is 46.2 Å². The second-order valence-electron chi connectivity index (χ2n) is 4.35. The number of nitro groups is 1. The number of pyridine rings is 2. The van der Waals surface area contributed by atoms with E-state index in [-0.39, 0.29) is 18.2 Å². The zero-order valence-corrected chi connectivity index (χ0v) is 11.7. The Morgan fingerprint density at radius 1 is 1.33 bits per heavy atom. The predicted molar refractivity (Wildman–Crippen MR) is 78.2 cm³/mol. The van der Waals surface area contributed by atoms with Gasteiger partial charge in [-0.2, -0.15) is 0 Å². The van der Waals surface area contributed by atoms with Crippen molar-refractivity contribution in [2.75, 3.05) is 11.9 Å². The Morgan fingerprint density at radius 3 is 2.95 bits per heavy atom. The Kier molecular flexibility index (Phi) is 5.03. The van der Waals surface area contributed by atoms with Gasteiger partial charge >= 0.3 is 5.82 Å². The van der Waals surface area contributed by atoms with Crippen LogP contribution >= 0.6 is 0 Å². The lowest BCUT2D eigenvalue weighted by Gasteiger charge is -2.08. The van der Waals surface area contributed by atoms with Crippen molar-refractivity contribution < 1.29 is 9.66 Å². The van der Waals surface area contributed by atoms with Crippen molar-refractivity contribution in [2.24, 2.45) is 0 Å². The first-order valence-corrected chi connectivity index (χ1v) is 6.61. The van der Waals surface area contributed by atoms with E-state index in [1.54, 1.807) is 18.3 Å². The van der Waals surface area contributed by atoms with Crippen molar-refractivity contribution in [2.45, 2.75) is 20.0 Å². The maximum absolute atomic E-state index is 10.8. The van der Waals surface area contributed by atoms with Crippen LogP contribution in [0.5, 0.6) is 5.75 Å². The molecule has 0 atom stereocenters. The van der Waals surface area contributed by atoms with Gasteiger partial charge in [0.05, 0.1) is 0 Å². The van der Waals surface area contributed by atoms with E-state index in [1.807, 2.05) is 6.07 Å². The molecule has 0 unspecified atom stereocenters. The molecule has 2 rings (SSSR count). The lowest BCUT2D eigenvalue weighted by Crippen LogP contribution is -2.04. The van der Waals surface area contributed by atoms with E-state index in [4.69, 9.17) is 4.74 Å². The highest BCUT2D eigenvalue weighted by Crippen LogP contribution is 2.24. The highest BCUT2D eigenvalue weighted by Gasteiger charge is 2.15. The van der Waals surface area contributed by atoms with E-state index >= 15 is 0 Å². The predicted octanol–water partition coefficient (Wildman–Crippen LogP) is 2.79. The molecule has 0 aliphatic carbocycles. The fourth-order valence-electron chi connectivity index (χ4n) is 1.71. The van der Waals surface area contributed by atoms with Crippen LogP contribution in [0.3, 0.4) is 0 Å². The third-order valence-electron chi connectivity index (χ3n) is 2.70. The second-order valence-corrected chi connectivity index (χ2v) is 4.35. The number of rotatable bonds is 7. The van der Waals surface area contributed by atoms with Crippen molar-refractivity contribution >= 4 is 11.6 Å². The zero-order chi connectivity index (χ0) is 15.1. The average Bonchev–Trinajstić information content (AvgIpc) is 2.51. The van der Waals surface area contributed by atoms with Crippen molar-refractivity contribution in [3.05, 3.63) is 52.3 Å². The van der Waals surface area contributed by atoms with Crippen LogP contribution in [-0.2, 0) is 6.61 Å². The van der Waals surface area contributed by atoms with Gasteiger partial charge < -0.3 is 20.2 Å². The minimum Gasteiger partial charge on any atom is -0.481 e. The van der Waals surface area contributed by atoms with E-state index in [2.05, 4.69) is 22.2 Å². The maximum Gasteiger partial charge on any atom is 0.406 e. The average molecular weight is 288 g/mol. The van der Waals surface area contributed by atoms with E-state index in [0.717, 1.165) is 24.3 Å². The molecule has 2 aromatic heterocycles. The van der Waals surface area contributed by atoms with Gasteiger partial charge in [0.25, 0.3) is 0 Å². The summed E-state index contributed by atoms with van der Waals surface area (Å²) in [4.78, 5) is 18.2. The standard InChI is InChI=1S/C14H16N4O3/c1-2-6-15-13-9-11(5-8-16-13)10-21-12-4-3-7-17-14(12)18(19)20/h3-5,7-9H,2,6,10H2,1H3,(H,15,16). The van der Waals surface area contributed by atoms with Crippen molar-refractivity contribution in [1.82, 2.24) is 9.97 Å². The quantitative estimate of drug-likeness (QED) is 0.622. The van der Waals surface area contributed by atoms with Crippen LogP contribution in [0.4, 0.5) is 11.6 Å². The molecule has 0 aromatic carbocycles. The molecular weight excluding hydrogens is 272 g/mol. The molecule has 0 aliphatic heterocycles. The molecular formula is C14H16N4O3. The number of ether oxygens (including phenoxy) is 1. The van der Waals surface area contributed by atoms with Gasteiger partial charge in [-0.25, -0.2) is 4.98 Å². The first-order chi connectivity index (χ1) is 10.2. The monoisotopic (exact) mass is 288 g/mol. The largest absolute Gasteiger partial charge is 0.481 e. The summed E-state index contributed by atoms with van der Waals surface area (Å²) < 4.78 is 5.48. The van der Waals surface area contributed by atoms with E-state index in [0.29, 0.717) is 0 Å². The number of anilines is 1. The molecule has 0 aliphatic rings. The molecule has 2 heterocycles. The molecule has 21 heavy (non-hydrogen) atoms. The van der Waals surface area contributed by atoms with Gasteiger partial charge in [0.1, 0.15) is 18.6 Å². The van der Waals surface area contributed by atoms with Gasteiger partial charge in [-0.1, -0.05) is 6.92 Å². The van der Waals surface area contributed by atoms with Crippen molar-refractivity contribution in [1.29, 1.82) is 0 Å². The molecule has 0 spiro atoms. The lowest BCUT2D eigenvalue weighted by atomic mass is 10.2. The second kappa shape index (κ2) is 7.18. The Balaban J connectivity index is 2.05. The normalized spacial score (nSPS) is 10.1. The number of nitrogens with one attached hydrogen (secondary N) is 1. The van der Waals surface area contributed by atoms with Crippen LogP contribution in [0, 0.1) is 10.1 Å². The van der Waals surface area contributed by atoms with Crippen LogP contribution in [0.25, 0.3) is 0 Å². The molecule has 7 nitrogen and oxygen atoms in total. The lowest BCUT2D eigenvalue weighted by molar-refractivity contribution is -0.390. The third-order valence-corrected chi connectivity index (χ3v) is 2.70. The summed E-state index contributed by atoms with van der Waals surface area (Å²) in [7, 11) is 0. The highest BCUT2D eigenvalue weighted by molar-refractivity contribution is 5.40. The molecule has 0 fully saturated rings. The third kappa shape index (κ3) is 4.13. The summed E-state index contributed by atoms with van der Waals surface area (Å²) in [5, 5.41) is 14.0. The molecule has 0 bridgehead atoms. The molecule has 0 saturated heterocycles. The summed E-state index contributed by atoms with van der Waals surface area (Å²) in [6.07, 6.45) is 4.04. The van der Waals surface area contributed by atoms with Crippen LogP contribution in [0.2, 0.25) is 0 Å². The van der Waals surface area contributed by atoms with Crippen LogP contribution in [-0.4, -0.2) is 21.4 Å². The van der Waals surface area contributed by atoms with Crippen molar-refractivity contribution in [3.63, 3.8) is 0 Å². The smallest absolute Gasteiger partial charge is 0.406 e. The minimum atomic E-state index is -0.559. The fraction of sp³-hybridized carbons (Fsp3) is 0.286. The summed E-state index contributed by atoms with van der Waals surface area (Å²) in [6, 6.07) is 6.79. The molecule has 1 N–H and O–H groups in total. The SMILES string of the molecule is CCCNc1cc(COc2cccnc2[N+](=O)[O-])ccn1. The maximum atomic E-state index is 10.8. The Morgan fingerprint density at radius 2 is 2.19 bits per heavy atom. The number of hydrogen-bond acceptors (Lipinski definition) is 6. The summed E-state index contributed by atoms with van der Waals surface area (Å²) in [6.45, 7) is 3.13. The number of hydrogen-bond donors (Lipinski definition) is 1. The molecule has 110 valence electrons. The minimum absolute atomic E-state index is 0.155. The Labute approximate surface area is 122 Å². The topological polar surface area (TPSA) is 90.2 Å². The van der Waals surface area contributed by atoms with Gasteiger partial charge in [-0.3, -0.25) is 0 Å². The van der Waals surface area contributed by atoms with Crippen LogP contribution in [0.1, 0.15) is 18.9 Å². The highest BCUT2D eigenvalue weighted by atomic mass is 16.6. The molecule has 0 saturated carbocycles. The van der Waals surface area contributed by atoms with Crippen molar-refractivity contribution in [3.8, 4) is 5.75 Å². The van der Waals surface area contributed by atoms with Gasteiger partial charge in [0.2, 0.25) is 5.75 Å². The van der Waals surface area contributed by atoms with Crippen LogP contribution in [0.15, 0.2) is 36.7 Å². The van der Waals surface area contributed by atoms with E-state index in [9.17, 15) is 10.1 Å². The van der Waals surface area contributed by atoms with Gasteiger partial charge in [0.15, 0.2) is 0 Å². The molecule has 0 amide bonds. The van der Waals surface area contributed by atoms with Crippen LogP contribution < -0.4 is 10.1 Å². The summed E-state index contributed by atoms with van der Waals surface area (Å²) >= 11 is 0. The number of nitrogens with zero attached hydrogens (tertiary/aromatic N) is 3. The summed E-state index contributed by atoms with van der Waals surface area (Å²) in [5.41, 5.74) is 0.877. The zero-order valence-electron chi connectivity index (χ0n) is 11.7. The Hall–Kier alpha value is -2.70. The number of aromatic nitrogens is 2.